The fourth-order valence-corrected chi connectivity index (χ4v) is 5.33. The van der Waals surface area contributed by atoms with Gasteiger partial charge in [-0.15, -0.1) is 0 Å². The van der Waals surface area contributed by atoms with Crippen LogP contribution in [-0.4, -0.2) is 26.3 Å². The summed E-state index contributed by atoms with van der Waals surface area (Å²) in [5.74, 6) is -4.33. The first-order chi connectivity index (χ1) is 9.73. The summed E-state index contributed by atoms with van der Waals surface area (Å²) < 4.78 is 51.4. The van der Waals surface area contributed by atoms with Gasteiger partial charge in [0, 0.05) is 0 Å². The largest absolute Gasteiger partial charge is 0.443 e. The fourth-order valence-electron chi connectivity index (χ4n) is 3.51. The Morgan fingerprint density at radius 2 is 1.05 bits per heavy atom. The van der Waals surface area contributed by atoms with Crippen LogP contribution in [0.4, 0.5) is 13.2 Å². The Morgan fingerprint density at radius 1 is 0.714 bits per heavy atom. The van der Waals surface area contributed by atoms with E-state index in [1.165, 1.54) is 0 Å². The van der Waals surface area contributed by atoms with Crippen LogP contribution in [0, 0.1) is 0 Å². The van der Waals surface area contributed by atoms with E-state index in [0.717, 1.165) is 38.5 Å². The monoisotopic (exact) mass is 324 g/mol. The predicted molar refractivity (Wildman–Crippen MR) is 78.4 cm³/mol. The number of halogens is 3. The van der Waals surface area contributed by atoms with Crippen molar-refractivity contribution in [3.05, 3.63) is 0 Å². The van der Waals surface area contributed by atoms with Gasteiger partial charge in [0.15, 0.2) is 0 Å². The van der Waals surface area contributed by atoms with Crippen LogP contribution in [-0.2, 0) is 8.85 Å². The van der Waals surface area contributed by atoms with Crippen LogP contribution in [0.2, 0.25) is 0 Å². The van der Waals surface area contributed by atoms with Crippen molar-refractivity contribution in [3.8, 4) is 0 Å². The van der Waals surface area contributed by atoms with Gasteiger partial charge in [0.1, 0.15) is 0 Å². The number of hydrogen-bond donors (Lipinski definition) is 0. The van der Waals surface area contributed by atoms with Gasteiger partial charge in [-0.05, 0) is 39.5 Å². The van der Waals surface area contributed by atoms with Crippen molar-refractivity contribution in [2.24, 2.45) is 0 Å². The summed E-state index contributed by atoms with van der Waals surface area (Å²) in [4.78, 5) is 0. The van der Waals surface area contributed by atoms with E-state index < -0.39 is 26.3 Å². The van der Waals surface area contributed by atoms with Gasteiger partial charge in [-0.3, -0.25) is 0 Å². The normalized spacial score (nSPS) is 26.0. The Bertz CT molecular complexity index is 308. The second-order valence-electron chi connectivity index (χ2n) is 7.13. The number of alkyl halides is 3. The van der Waals surface area contributed by atoms with Crippen LogP contribution in [0.25, 0.3) is 0 Å². The van der Waals surface area contributed by atoms with Crippen LogP contribution in [0.15, 0.2) is 0 Å². The molecular formula is C15H27F3O2Si. The molecule has 6 heteroatoms. The lowest BCUT2D eigenvalue weighted by molar-refractivity contribution is -0.128. The Hall–Kier alpha value is -0.0731. The Morgan fingerprint density at radius 3 is 1.33 bits per heavy atom. The average molecular weight is 324 g/mol. The molecule has 0 spiro atoms. The summed E-state index contributed by atoms with van der Waals surface area (Å²) in [6.45, 7) is 3.65. The third kappa shape index (κ3) is 4.96. The van der Waals surface area contributed by atoms with E-state index in [-0.39, 0.29) is 0 Å². The quantitative estimate of drug-likeness (QED) is 0.692. The number of rotatable bonds is 4. The molecular weight excluding hydrogens is 297 g/mol. The lowest BCUT2D eigenvalue weighted by atomic mass is 9.87. The van der Waals surface area contributed by atoms with Crippen molar-refractivity contribution in [1.82, 2.24) is 0 Å². The minimum atomic E-state index is -4.33. The molecule has 0 heterocycles. The summed E-state index contributed by atoms with van der Waals surface area (Å²) >= 11 is 0. The maximum atomic E-state index is 13.4. The topological polar surface area (TPSA) is 18.5 Å². The molecule has 21 heavy (non-hydrogen) atoms. The highest BCUT2D eigenvalue weighted by molar-refractivity contribution is 6.47. The molecule has 0 unspecified atom stereocenters. The molecule has 2 fully saturated rings. The maximum absolute atomic E-state index is 13.4. The summed E-state index contributed by atoms with van der Waals surface area (Å²) in [7, 11) is -3.70. The van der Waals surface area contributed by atoms with Gasteiger partial charge in [-0.2, -0.15) is 13.2 Å². The lowest BCUT2D eigenvalue weighted by Gasteiger charge is -2.41. The average Bonchev–Trinajstić information content (AvgIpc) is 2.38. The molecule has 0 bridgehead atoms. The SMILES string of the molecule is CC1(O[SiH](OC2(C)CCCCC2)C(F)(F)F)CCCCC1. The Kier molecular flexibility index (Phi) is 5.42. The highest BCUT2D eigenvalue weighted by atomic mass is 28.3. The van der Waals surface area contributed by atoms with E-state index in [1.54, 1.807) is 0 Å². The van der Waals surface area contributed by atoms with Crippen LogP contribution < -0.4 is 0 Å². The molecule has 2 rings (SSSR count). The predicted octanol–water partition coefficient (Wildman–Crippen LogP) is 4.79. The number of hydrogen-bond acceptors (Lipinski definition) is 2. The van der Waals surface area contributed by atoms with Crippen molar-refractivity contribution < 1.29 is 22.0 Å². The van der Waals surface area contributed by atoms with Crippen molar-refractivity contribution in [3.63, 3.8) is 0 Å². The summed E-state index contributed by atoms with van der Waals surface area (Å²) in [6.07, 6.45) is 8.85. The van der Waals surface area contributed by atoms with Crippen LogP contribution in [0.1, 0.15) is 78.1 Å². The molecule has 2 nitrogen and oxygen atoms in total. The van der Waals surface area contributed by atoms with E-state index in [1.807, 2.05) is 13.8 Å². The zero-order valence-electron chi connectivity index (χ0n) is 13.1. The van der Waals surface area contributed by atoms with Crippen molar-refractivity contribution >= 4 is 9.28 Å². The molecule has 2 aliphatic rings. The third-order valence-corrected chi connectivity index (χ3v) is 6.97. The zero-order chi connectivity index (χ0) is 15.6. The molecule has 0 saturated heterocycles. The van der Waals surface area contributed by atoms with E-state index in [4.69, 9.17) is 8.85 Å². The van der Waals surface area contributed by atoms with Crippen LogP contribution >= 0.6 is 0 Å². The van der Waals surface area contributed by atoms with Crippen molar-refractivity contribution in [2.45, 2.75) is 95.1 Å². The van der Waals surface area contributed by atoms with Crippen molar-refractivity contribution in [1.29, 1.82) is 0 Å². The molecule has 0 amide bonds. The first-order valence-corrected chi connectivity index (χ1v) is 9.67. The van der Waals surface area contributed by atoms with E-state index >= 15 is 0 Å². The zero-order valence-corrected chi connectivity index (χ0v) is 14.3. The van der Waals surface area contributed by atoms with Gasteiger partial charge in [0.05, 0.1) is 11.2 Å². The molecule has 0 atom stereocenters. The standard InChI is InChI=1S/C15H27F3O2Si/c1-13(9-5-3-6-10-13)19-21(15(16,17)18)20-14(2)11-7-4-8-12-14/h21H,3-12H2,1-2H3. The molecule has 0 aromatic rings. The minimum absolute atomic E-state index is 0.643. The van der Waals surface area contributed by atoms with Crippen LogP contribution in [0.3, 0.4) is 0 Å². The Balaban J connectivity index is 2.04. The molecule has 2 aliphatic carbocycles. The first kappa shape index (κ1) is 17.3. The van der Waals surface area contributed by atoms with Gasteiger partial charge in [0.25, 0.3) is 0 Å². The lowest BCUT2D eigenvalue weighted by Crippen LogP contribution is -2.52. The second kappa shape index (κ2) is 6.58. The molecule has 0 aromatic carbocycles. The van der Waals surface area contributed by atoms with Crippen LogP contribution in [0.5, 0.6) is 0 Å². The highest BCUT2D eigenvalue weighted by Gasteiger charge is 2.52. The maximum Gasteiger partial charge on any atom is 0.443 e. The molecule has 2 saturated carbocycles. The molecule has 0 aliphatic heterocycles. The second-order valence-corrected chi connectivity index (χ2v) is 8.92. The summed E-state index contributed by atoms with van der Waals surface area (Å²) in [5, 5.41) is 0. The summed E-state index contributed by atoms with van der Waals surface area (Å²) in [6, 6.07) is 0. The van der Waals surface area contributed by atoms with Gasteiger partial charge < -0.3 is 8.85 Å². The smallest absolute Gasteiger partial charge is 0.385 e. The summed E-state index contributed by atoms with van der Waals surface area (Å²) in [5.41, 5.74) is -1.29. The highest BCUT2D eigenvalue weighted by Crippen LogP contribution is 2.38. The van der Waals surface area contributed by atoms with E-state index in [9.17, 15) is 13.2 Å². The van der Waals surface area contributed by atoms with Crippen molar-refractivity contribution in [2.75, 3.05) is 0 Å². The molecule has 0 N–H and O–H groups in total. The van der Waals surface area contributed by atoms with Gasteiger partial charge in [0.2, 0.25) is 0 Å². The third-order valence-electron chi connectivity index (χ3n) is 4.87. The van der Waals surface area contributed by atoms with Gasteiger partial charge in [-0.25, -0.2) is 0 Å². The molecule has 124 valence electrons. The minimum Gasteiger partial charge on any atom is -0.385 e. The fraction of sp³-hybridized carbons (Fsp3) is 1.00. The van der Waals surface area contributed by atoms with Gasteiger partial charge in [-0.1, -0.05) is 38.5 Å². The van der Waals surface area contributed by atoms with E-state index in [2.05, 4.69) is 0 Å². The van der Waals surface area contributed by atoms with Gasteiger partial charge >= 0.3 is 15.1 Å². The first-order valence-electron chi connectivity index (χ1n) is 8.15. The molecule has 0 radical (unpaired) electrons. The Labute approximate surface area is 127 Å². The van der Waals surface area contributed by atoms with E-state index in [0.29, 0.717) is 25.7 Å². The molecule has 0 aromatic heterocycles.